The van der Waals surface area contributed by atoms with Gasteiger partial charge in [-0.2, -0.15) is 18.2 Å². The molecule has 0 atom stereocenters. The molecule has 0 radical (unpaired) electrons. The molecule has 0 amide bonds. The van der Waals surface area contributed by atoms with Crippen LogP contribution in [0.3, 0.4) is 0 Å². The van der Waals surface area contributed by atoms with Gasteiger partial charge in [-0.1, -0.05) is 24.8 Å². The third-order valence-corrected chi connectivity index (χ3v) is 6.29. The number of rotatable bonds is 4. The summed E-state index contributed by atoms with van der Waals surface area (Å²) in [6, 6.07) is 9.59. The zero-order chi connectivity index (χ0) is 24.0. The van der Waals surface area contributed by atoms with E-state index in [1.807, 2.05) is 19.1 Å². The van der Waals surface area contributed by atoms with Gasteiger partial charge in [-0.25, -0.2) is 4.98 Å². The van der Waals surface area contributed by atoms with Gasteiger partial charge in [0.1, 0.15) is 11.4 Å². The van der Waals surface area contributed by atoms with Crippen molar-refractivity contribution in [1.82, 2.24) is 20.2 Å². The molecule has 5 rings (SSSR count). The van der Waals surface area contributed by atoms with Crippen LogP contribution in [0.15, 0.2) is 43.1 Å². The van der Waals surface area contributed by atoms with Gasteiger partial charge in [-0.15, -0.1) is 0 Å². The van der Waals surface area contributed by atoms with Crippen LogP contribution in [0.1, 0.15) is 33.4 Å². The van der Waals surface area contributed by atoms with Gasteiger partial charge in [0.2, 0.25) is 5.95 Å². The zero-order valence-electron chi connectivity index (χ0n) is 19.0. The summed E-state index contributed by atoms with van der Waals surface area (Å²) in [6.45, 7) is 8.34. The summed E-state index contributed by atoms with van der Waals surface area (Å²) in [5.41, 5.74) is 6.22. The number of nitrogens with zero attached hydrogens (tertiary/aromatic N) is 3. The molecule has 3 aromatic rings. The maximum Gasteiger partial charge on any atom is 0.421 e. The standard InChI is InChI=1S/C25H25F3N6/c1-14-9-16-7-8-34(3)13-18(16)10-21(14)32-24-30-12-19(25(26,27)28)23(33-24)31-20-6-4-5-17-11-29-15(2)22(17)20/h4-6,9-10,12,29H,2,7-8,11,13H2,1,3H3,(H2,30,31,32,33). The van der Waals surface area contributed by atoms with E-state index < -0.39 is 11.7 Å². The molecule has 2 aromatic carbocycles. The summed E-state index contributed by atoms with van der Waals surface area (Å²) in [4.78, 5) is 10.4. The van der Waals surface area contributed by atoms with Crippen LogP contribution in [0.25, 0.3) is 5.70 Å². The normalized spacial score (nSPS) is 15.5. The van der Waals surface area contributed by atoms with E-state index in [0.717, 1.165) is 48.1 Å². The van der Waals surface area contributed by atoms with Crippen molar-refractivity contribution in [1.29, 1.82) is 0 Å². The van der Waals surface area contributed by atoms with Gasteiger partial charge in [-0.3, -0.25) is 0 Å². The van der Waals surface area contributed by atoms with Crippen molar-refractivity contribution >= 4 is 28.8 Å². The lowest BCUT2D eigenvalue weighted by Gasteiger charge is -2.26. The van der Waals surface area contributed by atoms with Crippen molar-refractivity contribution in [3.63, 3.8) is 0 Å². The highest BCUT2D eigenvalue weighted by molar-refractivity contribution is 5.82. The predicted octanol–water partition coefficient (Wildman–Crippen LogP) is 5.35. The Hall–Kier alpha value is -3.59. The lowest BCUT2D eigenvalue weighted by Crippen LogP contribution is -2.26. The molecule has 0 bridgehead atoms. The van der Waals surface area contributed by atoms with Crippen molar-refractivity contribution in [2.45, 2.75) is 32.6 Å². The monoisotopic (exact) mass is 466 g/mol. The van der Waals surface area contributed by atoms with Crippen LogP contribution < -0.4 is 16.0 Å². The summed E-state index contributed by atoms with van der Waals surface area (Å²) < 4.78 is 41.3. The molecule has 2 aliphatic rings. The highest BCUT2D eigenvalue weighted by Crippen LogP contribution is 2.38. The number of hydrogen-bond donors (Lipinski definition) is 3. The summed E-state index contributed by atoms with van der Waals surface area (Å²) in [6.07, 6.45) is -2.82. The minimum Gasteiger partial charge on any atom is -0.381 e. The molecule has 1 aromatic heterocycles. The molecule has 3 N–H and O–H groups in total. The van der Waals surface area contributed by atoms with E-state index in [1.54, 1.807) is 12.1 Å². The van der Waals surface area contributed by atoms with E-state index in [9.17, 15) is 13.2 Å². The maximum absolute atomic E-state index is 13.8. The van der Waals surface area contributed by atoms with Crippen LogP contribution in [0.4, 0.5) is 36.3 Å². The number of benzene rings is 2. The number of aromatic nitrogens is 2. The first-order valence-corrected chi connectivity index (χ1v) is 11.0. The van der Waals surface area contributed by atoms with Crippen LogP contribution in [0.5, 0.6) is 0 Å². The molecule has 0 saturated carbocycles. The van der Waals surface area contributed by atoms with Crippen LogP contribution in [-0.4, -0.2) is 28.5 Å². The number of fused-ring (bicyclic) bond motifs is 2. The maximum atomic E-state index is 13.8. The average molecular weight is 467 g/mol. The minimum atomic E-state index is -4.61. The van der Waals surface area contributed by atoms with E-state index in [4.69, 9.17) is 0 Å². The lowest BCUT2D eigenvalue weighted by atomic mass is 9.96. The number of halogens is 3. The molecule has 0 unspecified atom stereocenters. The molecule has 9 heteroatoms. The number of likely N-dealkylation sites (N-methyl/N-ethyl adjacent to an activating group) is 1. The summed E-state index contributed by atoms with van der Waals surface area (Å²) in [7, 11) is 2.07. The molecule has 3 heterocycles. The summed E-state index contributed by atoms with van der Waals surface area (Å²) in [5.74, 6) is -0.222. The number of aryl methyl sites for hydroxylation is 1. The zero-order valence-corrected chi connectivity index (χ0v) is 19.0. The first kappa shape index (κ1) is 22.2. The Balaban J connectivity index is 1.51. The quantitative estimate of drug-likeness (QED) is 0.482. The SMILES string of the molecule is C=C1NCc2cccc(Nc3nc(Nc4cc5c(cc4C)CCN(C)C5)ncc3C(F)(F)F)c21. The molecule has 2 aliphatic heterocycles. The van der Waals surface area contributed by atoms with E-state index >= 15 is 0 Å². The average Bonchev–Trinajstić information content (AvgIpc) is 3.16. The Labute approximate surface area is 195 Å². The Bertz CT molecular complexity index is 1280. The van der Waals surface area contributed by atoms with Gasteiger partial charge in [0.15, 0.2) is 0 Å². The molecular formula is C25H25F3N6. The summed E-state index contributed by atoms with van der Waals surface area (Å²) >= 11 is 0. The first-order valence-electron chi connectivity index (χ1n) is 11.0. The number of nitrogens with one attached hydrogen (secondary N) is 3. The topological polar surface area (TPSA) is 65.1 Å². The third kappa shape index (κ3) is 4.19. The van der Waals surface area contributed by atoms with Crippen molar-refractivity contribution in [2.75, 3.05) is 24.2 Å². The van der Waals surface area contributed by atoms with Crippen molar-refractivity contribution in [3.8, 4) is 0 Å². The van der Waals surface area contributed by atoms with Gasteiger partial charge in [-0.05, 0) is 54.8 Å². The second-order valence-corrected chi connectivity index (χ2v) is 8.80. The fourth-order valence-electron chi connectivity index (χ4n) is 4.50. The molecule has 176 valence electrons. The van der Waals surface area contributed by atoms with Gasteiger partial charge in [0.25, 0.3) is 0 Å². The van der Waals surface area contributed by atoms with E-state index in [2.05, 4.69) is 50.5 Å². The molecule has 0 aliphatic carbocycles. The molecule has 0 spiro atoms. The highest BCUT2D eigenvalue weighted by atomic mass is 19.4. The molecule has 0 saturated heterocycles. The number of alkyl halides is 3. The number of hydrogen-bond acceptors (Lipinski definition) is 6. The van der Waals surface area contributed by atoms with Crippen molar-refractivity contribution in [2.24, 2.45) is 0 Å². The van der Waals surface area contributed by atoms with E-state index in [0.29, 0.717) is 17.9 Å². The highest BCUT2D eigenvalue weighted by Gasteiger charge is 2.36. The third-order valence-electron chi connectivity index (χ3n) is 6.29. The molecule has 0 fully saturated rings. The largest absolute Gasteiger partial charge is 0.421 e. The van der Waals surface area contributed by atoms with E-state index in [-0.39, 0.29) is 11.8 Å². The fourth-order valence-corrected chi connectivity index (χ4v) is 4.50. The van der Waals surface area contributed by atoms with Crippen LogP contribution >= 0.6 is 0 Å². The molecule has 34 heavy (non-hydrogen) atoms. The van der Waals surface area contributed by atoms with Gasteiger partial charge >= 0.3 is 6.18 Å². The van der Waals surface area contributed by atoms with Crippen LogP contribution in [0, 0.1) is 6.92 Å². The smallest absolute Gasteiger partial charge is 0.381 e. The first-order chi connectivity index (χ1) is 16.2. The minimum absolute atomic E-state index is 0.0900. The fraction of sp³-hybridized carbons (Fsp3) is 0.280. The van der Waals surface area contributed by atoms with Gasteiger partial charge in [0.05, 0.1) is 0 Å². The van der Waals surface area contributed by atoms with Crippen molar-refractivity contribution < 1.29 is 13.2 Å². The van der Waals surface area contributed by atoms with E-state index in [1.165, 1.54) is 11.1 Å². The Morgan fingerprint density at radius 3 is 2.71 bits per heavy atom. The molecule has 6 nitrogen and oxygen atoms in total. The molecular weight excluding hydrogens is 441 g/mol. The lowest BCUT2D eigenvalue weighted by molar-refractivity contribution is -0.137. The summed E-state index contributed by atoms with van der Waals surface area (Å²) in [5, 5.41) is 9.14. The van der Waals surface area contributed by atoms with Crippen LogP contribution in [-0.2, 0) is 25.7 Å². The Morgan fingerprint density at radius 1 is 1.09 bits per heavy atom. The second kappa shape index (κ2) is 8.32. The number of anilines is 4. The Morgan fingerprint density at radius 2 is 1.91 bits per heavy atom. The Kier molecular flexibility index (Phi) is 5.44. The second-order valence-electron chi connectivity index (χ2n) is 8.80. The van der Waals surface area contributed by atoms with Gasteiger partial charge in [0, 0.05) is 48.5 Å². The van der Waals surface area contributed by atoms with Gasteiger partial charge < -0.3 is 20.9 Å². The predicted molar refractivity (Wildman–Crippen MR) is 127 cm³/mol. The van der Waals surface area contributed by atoms with Crippen molar-refractivity contribution in [3.05, 3.63) is 76.5 Å². The van der Waals surface area contributed by atoms with Crippen LogP contribution in [0.2, 0.25) is 0 Å².